The summed E-state index contributed by atoms with van der Waals surface area (Å²) < 4.78 is 0. The van der Waals surface area contributed by atoms with Gasteiger partial charge in [-0.15, -0.1) is 0 Å². The Morgan fingerprint density at radius 3 is 2.48 bits per heavy atom. The Morgan fingerprint density at radius 1 is 0.841 bits per heavy atom. The molecule has 4 nitrogen and oxygen atoms in total. The van der Waals surface area contributed by atoms with Crippen molar-refractivity contribution in [2.45, 2.75) is 58.4 Å². The van der Waals surface area contributed by atoms with Crippen LogP contribution in [-0.2, 0) is 19.4 Å². The lowest BCUT2D eigenvalue weighted by Gasteiger charge is -2.30. The molecular formula is C40H41N3O. The van der Waals surface area contributed by atoms with Crippen molar-refractivity contribution < 1.29 is 0 Å². The van der Waals surface area contributed by atoms with Crippen molar-refractivity contribution in [3.05, 3.63) is 141 Å². The number of likely N-dealkylation sites (tertiary alicyclic amines) is 1. The summed E-state index contributed by atoms with van der Waals surface area (Å²) in [5, 5.41) is 10.5. The first-order chi connectivity index (χ1) is 21.6. The zero-order valence-electron chi connectivity index (χ0n) is 25.7. The predicted octanol–water partition coefficient (Wildman–Crippen LogP) is 8.64. The van der Waals surface area contributed by atoms with Gasteiger partial charge >= 0.3 is 0 Å². The first-order valence-corrected chi connectivity index (χ1v) is 16.3. The molecule has 2 heterocycles. The van der Waals surface area contributed by atoms with E-state index in [1.54, 1.807) is 23.4 Å². The number of nitrogens with one attached hydrogen (secondary N) is 1. The molecule has 1 aliphatic heterocycles. The number of benzene rings is 4. The van der Waals surface area contributed by atoms with Crippen molar-refractivity contribution in [3.8, 4) is 0 Å². The minimum absolute atomic E-state index is 0.136. The summed E-state index contributed by atoms with van der Waals surface area (Å²) in [5.74, 6) is 0.895. The standard InChI is InChI=1S/C32H35N.C8H6N2O/c1-23-17-19-33(20-18-23)22-25-11-9-24(10-12-25)21-28-7-4-6-27-14-15-30-29-8-3-2-5-26(29)13-16-31(30)32(27)28;11-8-7-4-2-1-3-6(7)5-9-10-8/h3-4,6-12,14-15,23H,2,5,13,16-22H2,1H3;1-5H,(H,10,11). The van der Waals surface area contributed by atoms with E-state index in [0.29, 0.717) is 5.39 Å². The van der Waals surface area contributed by atoms with E-state index < -0.39 is 0 Å². The molecule has 1 aromatic heterocycles. The molecule has 0 atom stereocenters. The Balaban J connectivity index is 0.000000239. The minimum atomic E-state index is -0.136. The van der Waals surface area contributed by atoms with E-state index in [1.165, 1.54) is 90.2 Å². The molecule has 1 fully saturated rings. The Hall–Kier alpha value is -4.28. The third-order valence-corrected chi connectivity index (χ3v) is 9.76. The summed E-state index contributed by atoms with van der Waals surface area (Å²) in [6.07, 6.45) is 14.9. The molecule has 0 radical (unpaired) electrons. The minimum Gasteiger partial charge on any atom is -0.299 e. The molecule has 0 amide bonds. The van der Waals surface area contributed by atoms with Crippen LogP contribution < -0.4 is 5.56 Å². The summed E-state index contributed by atoms with van der Waals surface area (Å²) in [7, 11) is 0. The maximum absolute atomic E-state index is 11.1. The maximum atomic E-state index is 11.1. The van der Waals surface area contributed by atoms with Crippen LogP contribution >= 0.6 is 0 Å². The Labute approximate surface area is 260 Å². The average molecular weight is 580 g/mol. The lowest BCUT2D eigenvalue weighted by molar-refractivity contribution is 0.185. The van der Waals surface area contributed by atoms with E-state index in [1.807, 2.05) is 18.2 Å². The van der Waals surface area contributed by atoms with E-state index >= 15 is 0 Å². The molecule has 5 aromatic rings. The van der Waals surface area contributed by atoms with Gasteiger partial charge in [0.25, 0.3) is 5.56 Å². The highest BCUT2D eigenvalue weighted by Gasteiger charge is 2.22. The zero-order valence-corrected chi connectivity index (χ0v) is 25.7. The van der Waals surface area contributed by atoms with E-state index in [-0.39, 0.29) is 5.56 Å². The fourth-order valence-corrected chi connectivity index (χ4v) is 7.22. The largest absolute Gasteiger partial charge is 0.299 e. The monoisotopic (exact) mass is 579 g/mol. The summed E-state index contributed by atoms with van der Waals surface area (Å²) >= 11 is 0. The van der Waals surface area contributed by atoms with Crippen LogP contribution in [0.5, 0.6) is 0 Å². The fourth-order valence-electron chi connectivity index (χ4n) is 7.22. The Kier molecular flexibility index (Phi) is 8.26. The maximum Gasteiger partial charge on any atom is 0.272 e. The fraction of sp³-hybridized carbons (Fsp3) is 0.300. The van der Waals surface area contributed by atoms with Gasteiger partial charge in [-0.2, -0.15) is 5.10 Å². The second-order valence-electron chi connectivity index (χ2n) is 12.8. The first kappa shape index (κ1) is 28.5. The summed E-state index contributed by atoms with van der Waals surface area (Å²) in [6.45, 7) is 5.98. The molecule has 1 N–H and O–H groups in total. The predicted molar refractivity (Wildman–Crippen MR) is 183 cm³/mol. The number of aromatic amines is 1. The van der Waals surface area contributed by atoms with Crippen LogP contribution in [0.15, 0.2) is 108 Å². The Morgan fingerprint density at radius 2 is 1.64 bits per heavy atom. The smallest absolute Gasteiger partial charge is 0.272 e. The Bertz CT molecular complexity index is 1900. The van der Waals surface area contributed by atoms with Gasteiger partial charge in [0.1, 0.15) is 0 Å². The highest BCUT2D eigenvalue weighted by Crippen LogP contribution is 2.41. The molecule has 0 unspecified atom stereocenters. The van der Waals surface area contributed by atoms with Gasteiger partial charge in [0.05, 0.1) is 6.20 Å². The van der Waals surface area contributed by atoms with Crippen LogP contribution in [0.2, 0.25) is 0 Å². The van der Waals surface area contributed by atoms with Gasteiger partial charge in [-0.05, 0) is 114 Å². The van der Waals surface area contributed by atoms with Crippen LogP contribution in [0.3, 0.4) is 0 Å². The van der Waals surface area contributed by atoms with Crippen LogP contribution in [0.4, 0.5) is 0 Å². The van der Waals surface area contributed by atoms with Crippen molar-refractivity contribution in [2.24, 2.45) is 5.92 Å². The van der Waals surface area contributed by atoms with Crippen molar-refractivity contribution in [1.29, 1.82) is 0 Å². The molecule has 0 bridgehead atoms. The second-order valence-corrected chi connectivity index (χ2v) is 12.8. The molecule has 4 heteroatoms. The molecule has 44 heavy (non-hydrogen) atoms. The highest BCUT2D eigenvalue weighted by atomic mass is 16.1. The number of fused-ring (bicyclic) bond motifs is 5. The van der Waals surface area contributed by atoms with E-state index in [2.05, 4.69) is 88.8 Å². The SMILES string of the molecule is CC1CCN(Cc2ccc(Cc3cccc4ccc5c(c34)CCC3=C5C=CCC3)cc2)CC1.O=c1[nH]ncc2ccccc12. The molecule has 0 spiro atoms. The van der Waals surface area contributed by atoms with Gasteiger partial charge in [-0.3, -0.25) is 9.69 Å². The van der Waals surface area contributed by atoms with Gasteiger partial charge in [0.15, 0.2) is 0 Å². The normalized spacial score (nSPS) is 16.8. The molecule has 8 rings (SSSR count). The van der Waals surface area contributed by atoms with Crippen molar-refractivity contribution in [1.82, 2.24) is 15.1 Å². The molecule has 0 saturated carbocycles. The number of hydrogen-bond acceptors (Lipinski definition) is 3. The number of aromatic nitrogens is 2. The van der Waals surface area contributed by atoms with Crippen LogP contribution in [-0.4, -0.2) is 28.2 Å². The topological polar surface area (TPSA) is 49.0 Å². The van der Waals surface area contributed by atoms with Gasteiger partial charge in [0, 0.05) is 17.3 Å². The highest BCUT2D eigenvalue weighted by molar-refractivity contribution is 5.96. The quantitative estimate of drug-likeness (QED) is 0.232. The van der Waals surface area contributed by atoms with Gasteiger partial charge in [-0.1, -0.05) is 97.4 Å². The molecular weight excluding hydrogens is 538 g/mol. The lowest BCUT2D eigenvalue weighted by atomic mass is 9.78. The van der Waals surface area contributed by atoms with Gasteiger partial charge in [0.2, 0.25) is 0 Å². The zero-order chi connectivity index (χ0) is 29.9. The first-order valence-electron chi connectivity index (χ1n) is 16.3. The number of aryl methyl sites for hydroxylation is 1. The number of hydrogen-bond donors (Lipinski definition) is 1. The van der Waals surface area contributed by atoms with Crippen LogP contribution in [0.25, 0.3) is 27.1 Å². The lowest BCUT2D eigenvalue weighted by Crippen LogP contribution is -2.32. The molecule has 222 valence electrons. The summed E-state index contributed by atoms with van der Waals surface area (Å²) in [4.78, 5) is 13.7. The molecule has 4 aromatic carbocycles. The number of nitrogens with zero attached hydrogens (tertiary/aromatic N) is 2. The molecule has 1 saturated heterocycles. The number of allylic oxidation sites excluding steroid dienone is 4. The van der Waals surface area contributed by atoms with Crippen LogP contribution in [0.1, 0.15) is 66.8 Å². The van der Waals surface area contributed by atoms with Crippen molar-refractivity contribution >= 4 is 27.1 Å². The van der Waals surface area contributed by atoms with E-state index in [0.717, 1.165) is 24.3 Å². The third-order valence-electron chi connectivity index (χ3n) is 9.76. The van der Waals surface area contributed by atoms with E-state index in [9.17, 15) is 4.79 Å². The van der Waals surface area contributed by atoms with Crippen LogP contribution in [0, 0.1) is 5.92 Å². The van der Waals surface area contributed by atoms with Gasteiger partial charge < -0.3 is 0 Å². The van der Waals surface area contributed by atoms with Gasteiger partial charge in [-0.25, -0.2) is 5.10 Å². The summed E-state index contributed by atoms with van der Waals surface area (Å²) in [6, 6.07) is 28.4. The molecule has 3 aliphatic rings. The van der Waals surface area contributed by atoms with E-state index in [4.69, 9.17) is 0 Å². The second kappa shape index (κ2) is 12.8. The number of piperidine rings is 1. The van der Waals surface area contributed by atoms with Crippen molar-refractivity contribution in [2.75, 3.05) is 13.1 Å². The molecule has 2 aliphatic carbocycles. The van der Waals surface area contributed by atoms with Crippen molar-refractivity contribution in [3.63, 3.8) is 0 Å². The number of H-pyrrole nitrogens is 1. The third kappa shape index (κ3) is 6.05. The number of rotatable bonds is 4. The average Bonchev–Trinajstić information content (AvgIpc) is 3.07. The summed E-state index contributed by atoms with van der Waals surface area (Å²) in [5.41, 5.74) is 10.4.